The number of hydrogen-bond donors (Lipinski definition) is 2. The van der Waals surface area contributed by atoms with Gasteiger partial charge in [-0.05, 0) is 37.4 Å². The highest BCUT2D eigenvalue weighted by Gasteiger charge is 2.16. The minimum absolute atomic E-state index is 0.0199. The average molecular weight is 393 g/mol. The highest BCUT2D eigenvalue weighted by molar-refractivity contribution is 5.88. The minimum Gasteiger partial charge on any atom is -0.497 e. The molecule has 0 saturated carbocycles. The number of rotatable bonds is 8. The molecule has 3 rings (SSSR count). The van der Waals surface area contributed by atoms with E-state index in [1.54, 1.807) is 17.9 Å². The molecule has 0 aliphatic heterocycles. The van der Waals surface area contributed by atoms with Crippen molar-refractivity contribution in [3.63, 3.8) is 0 Å². The summed E-state index contributed by atoms with van der Waals surface area (Å²) in [5.41, 5.74) is 2.22. The summed E-state index contributed by atoms with van der Waals surface area (Å²) < 4.78 is 7.10. The van der Waals surface area contributed by atoms with Crippen LogP contribution in [-0.4, -0.2) is 48.5 Å². The summed E-state index contributed by atoms with van der Waals surface area (Å²) in [4.78, 5) is 14.4. The second kappa shape index (κ2) is 9.75. The summed E-state index contributed by atoms with van der Waals surface area (Å²) in [7, 11) is 5.61. The van der Waals surface area contributed by atoms with E-state index in [0.717, 1.165) is 16.9 Å². The van der Waals surface area contributed by atoms with Crippen LogP contribution in [0.3, 0.4) is 0 Å². The second-order valence-corrected chi connectivity index (χ2v) is 6.98. The van der Waals surface area contributed by atoms with E-state index in [9.17, 15) is 4.79 Å². The largest absolute Gasteiger partial charge is 0.497 e. The van der Waals surface area contributed by atoms with Gasteiger partial charge >= 0.3 is 6.03 Å². The Balaban J connectivity index is 1.55. The molecule has 3 aromatic rings. The Morgan fingerprint density at radius 3 is 2.66 bits per heavy atom. The van der Waals surface area contributed by atoms with E-state index < -0.39 is 0 Å². The van der Waals surface area contributed by atoms with E-state index in [-0.39, 0.29) is 12.1 Å². The molecular weight excluding hydrogens is 366 g/mol. The van der Waals surface area contributed by atoms with Crippen molar-refractivity contribution in [3.8, 4) is 5.75 Å². The first kappa shape index (κ1) is 20.4. The number of nitrogens with zero attached hydrogens (tertiary/aromatic N) is 3. The molecule has 0 saturated heterocycles. The van der Waals surface area contributed by atoms with Gasteiger partial charge in [0.1, 0.15) is 5.75 Å². The molecule has 0 radical (unpaired) electrons. The zero-order valence-electron chi connectivity index (χ0n) is 17.0. The maximum atomic E-state index is 12.3. The zero-order chi connectivity index (χ0) is 20.6. The van der Waals surface area contributed by atoms with E-state index in [2.05, 4.69) is 20.6 Å². The van der Waals surface area contributed by atoms with Crippen molar-refractivity contribution in [2.24, 2.45) is 0 Å². The molecule has 2 N–H and O–H groups in total. The normalized spacial score (nSPS) is 11.9. The van der Waals surface area contributed by atoms with Gasteiger partial charge in [-0.2, -0.15) is 5.10 Å². The Morgan fingerprint density at radius 1 is 1.14 bits per heavy atom. The zero-order valence-corrected chi connectivity index (χ0v) is 17.0. The Labute approximate surface area is 171 Å². The third-order valence-corrected chi connectivity index (χ3v) is 4.63. The predicted molar refractivity (Wildman–Crippen MR) is 114 cm³/mol. The van der Waals surface area contributed by atoms with E-state index in [4.69, 9.17) is 4.74 Å². The Kier molecular flexibility index (Phi) is 6.86. The molecule has 7 nitrogen and oxygen atoms in total. The van der Waals surface area contributed by atoms with Gasteiger partial charge in [0.2, 0.25) is 0 Å². The first-order valence-corrected chi connectivity index (χ1v) is 9.48. The average Bonchev–Trinajstić information content (AvgIpc) is 3.15. The highest BCUT2D eigenvalue weighted by atomic mass is 16.5. The molecule has 1 heterocycles. The molecule has 2 amide bonds. The number of carbonyl (C=O) groups is 1. The third kappa shape index (κ3) is 5.83. The van der Waals surface area contributed by atoms with Crippen molar-refractivity contribution in [1.29, 1.82) is 0 Å². The highest BCUT2D eigenvalue weighted by Crippen LogP contribution is 2.22. The summed E-state index contributed by atoms with van der Waals surface area (Å²) in [6, 6.07) is 19.4. The molecule has 1 unspecified atom stereocenters. The number of amides is 2. The fourth-order valence-corrected chi connectivity index (χ4v) is 3.08. The molecule has 7 heteroatoms. The van der Waals surface area contributed by atoms with Gasteiger partial charge < -0.3 is 15.0 Å². The van der Waals surface area contributed by atoms with Crippen molar-refractivity contribution < 1.29 is 9.53 Å². The molecule has 152 valence electrons. The van der Waals surface area contributed by atoms with Crippen molar-refractivity contribution >= 4 is 11.8 Å². The molecule has 1 atom stereocenters. The van der Waals surface area contributed by atoms with Gasteiger partial charge in [0, 0.05) is 18.8 Å². The number of ether oxygens (including phenoxy) is 1. The van der Waals surface area contributed by atoms with Crippen LogP contribution in [0, 0.1) is 0 Å². The smallest absolute Gasteiger partial charge is 0.320 e. The summed E-state index contributed by atoms with van der Waals surface area (Å²) in [6.45, 7) is 1.11. The van der Waals surface area contributed by atoms with Crippen LogP contribution in [0.4, 0.5) is 10.6 Å². The van der Waals surface area contributed by atoms with Crippen LogP contribution in [0.2, 0.25) is 0 Å². The van der Waals surface area contributed by atoms with Crippen molar-refractivity contribution in [3.05, 3.63) is 78.0 Å². The molecule has 2 aromatic carbocycles. The Bertz CT molecular complexity index is 924. The van der Waals surface area contributed by atoms with Crippen LogP contribution in [-0.2, 0) is 6.54 Å². The fourth-order valence-electron chi connectivity index (χ4n) is 3.08. The van der Waals surface area contributed by atoms with Gasteiger partial charge in [-0.3, -0.25) is 10.00 Å². The topological polar surface area (TPSA) is 71.4 Å². The molecule has 29 heavy (non-hydrogen) atoms. The molecule has 0 aliphatic rings. The molecule has 0 spiro atoms. The number of methoxy groups -OCH3 is 1. The first-order chi connectivity index (χ1) is 14.0. The number of likely N-dealkylation sites (N-methyl/N-ethyl adjacent to an activating group) is 1. The Hall–Kier alpha value is -3.32. The molecule has 1 aromatic heterocycles. The van der Waals surface area contributed by atoms with Gasteiger partial charge in [0.25, 0.3) is 0 Å². The van der Waals surface area contributed by atoms with E-state index in [1.807, 2.05) is 74.9 Å². The lowest BCUT2D eigenvalue weighted by molar-refractivity contribution is 0.243. The fraction of sp³-hybridized carbons (Fsp3) is 0.273. The molecular formula is C22H27N5O2. The number of urea groups is 1. The van der Waals surface area contributed by atoms with E-state index >= 15 is 0 Å². The van der Waals surface area contributed by atoms with Crippen LogP contribution < -0.4 is 15.4 Å². The SMILES string of the molecule is COc1cccc(C(CNC(=O)Nc2ccn(Cc3ccccc3)n2)N(C)C)c1. The summed E-state index contributed by atoms with van der Waals surface area (Å²) in [5.74, 6) is 1.31. The van der Waals surface area contributed by atoms with Crippen molar-refractivity contribution in [1.82, 2.24) is 20.0 Å². The number of anilines is 1. The summed E-state index contributed by atoms with van der Waals surface area (Å²) in [6.07, 6.45) is 1.85. The lowest BCUT2D eigenvalue weighted by Gasteiger charge is -2.25. The third-order valence-electron chi connectivity index (χ3n) is 4.63. The van der Waals surface area contributed by atoms with Gasteiger partial charge in [-0.25, -0.2) is 4.79 Å². The van der Waals surface area contributed by atoms with Crippen molar-refractivity contribution in [2.75, 3.05) is 33.1 Å². The first-order valence-electron chi connectivity index (χ1n) is 9.48. The van der Waals surface area contributed by atoms with E-state index in [0.29, 0.717) is 18.9 Å². The van der Waals surface area contributed by atoms with E-state index in [1.165, 1.54) is 0 Å². The standard InChI is InChI=1S/C22H27N5O2/c1-26(2)20(18-10-7-11-19(14-18)29-3)15-23-22(28)24-21-12-13-27(25-21)16-17-8-5-4-6-9-17/h4-14,20H,15-16H2,1-3H3,(H2,23,24,25,28). The van der Waals surface area contributed by atoms with Crippen LogP contribution in [0.15, 0.2) is 66.9 Å². The predicted octanol–water partition coefficient (Wildman–Crippen LogP) is 3.36. The number of nitrogens with one attached hydrogen (secondary N) is 2. The number of benzene rings is 2. The van der Waals surface area contributed by atoms with Gasteiger partial charge in [0.15, 0.2) is 5.82 Å². The molecule has 0 aliphatic carbocycles. The maximum absolute atomic E-state index is 12.3. The minimum atomic E-state index is -0.287. The molecule has 0 fully saturated rings. The lowest BCUT2D eigenvalue weighted by Crippen LogP contribution is -2.37. The number of carbonyl (C=O) groups excluding carboxylic acids is 1. The monoisotopic (exact) mass is 393 g/mol. The van der Waals surface area contributed by atoms with Gasteiger partial charge in [-0.1, -0.05) is 42.5 Å². The van der Waals surface area contributed by atoms with Crippen LogP contribution in [0.25, 0.3) is 0 Å². The van der Waals surface area contributed by atoms with Crippen LogP contribution in [0.5, 0.6) is 5.75 Å². The van der Waals surface area contributed by atoms with Gasteiger partial charge in [0.05, 0.1) is 19.7 Å². The van der Waals surface area contributed by atoms with Crippen molar-refractivity contribution in [2.45, 2.75) is 12.6 Å². The van der Waals surface area contributed by atoms with Crippen LogP contribution >= 0.6 is 0 Å². The maximum Gasteiger partial charge on any atom is 0.320 e. The molecule has 0 bridgehead atoms. The quantitative estimate of drug-likeness (QED) is 0.616. The second-order valence-electron chi connectivity index (χ2n) is 6.98. The summed E-state index contributed by atoms with van der Waals surface area (Å²) in [5, 5.41) is 10.1. The van der Waals surface area contributed by atoms with Crippen LogP contribution in [0.1, 0.15) is 17.2 Å². The van der Waals surface area contributed by atoms with Gasteiger partial charge in [-0.15, -0.1) is 0 Å². The summed E-state index contributed by atoms with van der Waals surface area (Å²) >= 11 is 0. The number of hydrogen-bond acceptors (Lipinski definition) is 4. The number of aromatic nitrogens is 2. The lowest BCUT2D eigenvalue weighted by atomic mass is 10.1. The Morgan fingerprint density at radius 2 is 1.93 bits per heavy atom.